The summed E-state index contributed by atoms with van der Waals surface area (Å²) in [5.41, 5.74) is 2.01. The number of fused-ring (bicyclic) bond motifs is 1. The van der Waals surface area contributed by atoms with E-state index in [2.05, 4.69) is 20.2 Å². The normalized spacial score (nSPS) is 14.2. The molecule has 4 nitrogen and oxygen atoms in total. The molecule has 2 heterocycles. The number of benzene rings is 1. The first-order valence-electron chi connectivity index (χ1n) is 6.45. The largest absolute Gasteiger partial charge is 0.433 e. The Morgan fingerprint density at radius 1 is 1.24 bits per heavy atom. The second kappa shape index (κ2) is 4.91. The smallest absolute Gasteiger partial charge is 0.374 e. The number of rotatable bonds is 2. The van der Waals surface area contributed by atoms with Crippen molar-refractivity contribution in [2.24, 2.45) is 0 Å². The van der Waals surface area contributed by atoms with E-state index >= 15 is 0 Å². The summed E-state index contributed by atoms with van der Waals surface area (Å²) in [4.78, 5) is 9.42. The summed E-state index contributed by atoms with van der Waals surface area (Å²) in [6, 6.07) is 6.53. The maximum absolute atomic E-state index is 12.6. The van der Waals surface area contributed by atoms with Gasteiger partial charge in [-0.05, 0) is 30.2 Å². The zero-order chi connectivity index (χ0) is 15.0. The Morgan fingerprint density at radius 3 is 2.81 bits per heavy atom. The molecule has 21 heavy (non-hydrogen) atoms. The Hall–Kier alpha value is -2.31. The number of likely N-dealkylation sites (N-methyl/N-ethyl adjacent to an activating group) is 1. The zero-order valence-corrected chi connectivity index (χ0v) is 11.3. The van der Waals surface area contributed by atoms with E-state index in [0.29, 0.717) is 5.69 Å². The number of alkyl halides is 3. The van der Waals surface area contributed by atoms with Crippen molar-refractivity contribution in [3.63, 3.8) is 0 Å². The van der Waals surface area contributed by atoms with Gasteiger partial charge in [-0.25, -0.2) is 9.97 Å². The molecule has 0 unspecified atom stereocenters. The Kier molecular flexibility index (Phi) is 3.19. The number of nitrogens with one attached hydrogen (secondary N) is 1. The quantitative estimate of drug-likeness (QED) is 0.923. The summed E-state index contributed by atoms with van der Waals surface area (Å²) in [5, 5.41) is 2.82. The van der Waals surface area contributed by atoms with Gasteiger partial charge in [-0.3, -0.25) is 0 Å². The van der Waals surface area contributed by atoms with E-state index in [0.717, 1.165) is 30.9 Å². The molecular formula is C14H13F3N4. The number of aromatic nitrogens is 2. The van der Waals surface area contributed by atoms with E-state index < -0.39 is 11.9 Å². The van der Waals surface area contributed by atoms with Gasteiger partial charge in [0, 0.05) is 31.2 Å². The van der Waals surface area contributed by atoms with Gasteiger partial charge in [-0.2, -0.15) is 13.2 Å². The number of halogens is 3. The molecule has 1 aromatic heterocycles. The van der Waals surface area contributed by atoms with Crippen LogP contribution in [0.15, 0.2) is 30.5 Å². The lowest BCUT2D eigenvalue weighted by Gasteiger charge is -2.14. The van der Waals surface area contributed by atoms with Crippen molar-refractivity contribution in [1.82, 2.24) is 9.97 Å². The monoisotopic (exact) mass is 294 g/mol. The van der Waals surface area contributed by atoms with Gasteiger partial charge < -0.3 is 10.2 Å². The molecule has 1 aromatic carbocycles. The second-order valence-electron chi connectivity index (χ2n) is 4.90. The molecule has 110 valence electrons. The van der Waals surface area contributed by atoms with Gasteiger partial charge >= 0.3 is 6.18 Å². The van der Waals surface area contributed by atoms with Gasteiger partial charge in [-0.15, -0.1) is 0 Å². The van der Waals surface area contributed by atoms with Crippen molar-refractivity contribution in [3.05, 3.63) is 41.7 Å². The summed E-state index contributed by atoms with van der Waals surface area (Å²) < 4.78 is 37.8. The van der Waals surface area contributed by atoms with Gasteiger partial charge in [0.25, 0.3) is 0 Å². The summed E-state index contributed by atoms with van der Waals surface area (Å²) in [6.07, 6.45) is -2.40. The van der Waals surface area contributed by atoms with Crippen LogP contribution in [0.3, 0.4) is 0 Å². The van der Waals surface area contributed by atoms with Crippen molar-refractivity contribution < 1.29 is 13.2 Å². The average molecular weight is 294 g/mol. The Morgan fingerprint density at radius 2 is 2.05 bits per heavy atom. The number of hydrogen-bond acceptors (Lipinski definition) is 4. The molecule has 0 saturated carbocycles. The minimum Gasteiger partial charge on any atom is -0.374 e. The van der Waals surface area contributed by atoms with Crippen LogP contribution < -0.4 is 10.2 Å². The van der Waals surface area contributed by atoms with Gasteiger partial charge in [0.15, 0.2) is 0 Å². The van der Waals surface area contributed by atoms with Crippen molar-refractivity contribution in [3.8, 4) is 0 Å². The van der Waals surface area contributed by atoms with Crippen LogP contribution in [0.5, 0.6) is 0 Å². The van der Waals surface area contributed by atoms with Gasteiger partial charge in [-0.1, -0.05) is 6.07 Å². The number of hydrogen-bond donors (Lipinski definition) is 1. The van der Waals surface area contributed by atoms with Crippen molar-refractivity contribution in [1.29, 1.82) is 0 Å². The van der Waals surface area contributed by atoms with E-state index in [1.165, 1.54) is 5.56 Å². The molecule has 0 amide bonds. The van der Waals surface area contributed by atoms with Gasteiger partial charge in [0.1, 0.15) is 5.69 Å². The topological polar surface area (TPSA) is 41.0 Å². The summed E-state index contributed by atoms with van der Waals surface area (Å²) in [7, 11) is 1.98. The lowest BCUT2D eigenvalue weighted by molar-refractivity contribution is -0.141. The highest BCUT2D eigenvalue weighted by Crippen LogP contribution is 2.31. The van der Waals surface area contributed by atoms with Crippen molar-refractivity contribution in [2.75, 3.05) is 23.8 Å². The molecule has 1 N–H and O–H groups in total. The van der Waals surface area contributed by atoms with Gasteiger partial charge in [0.2, 0.25) is 5.95 Å². The standard InChI is InChI=1S/C14H13F3N4/c1-21-7-5-9-2-3-10(8-11(9)21)19-13-18-6-4-12(20-13)14(15,16)17/h2-4,6,8H,5,7H2,1H3,(H,18,19,20). The molecule has 1 aliphatic heterocycles. The summed E-state index contributed by atoms with van der Waals surface area (Å²) in [6.45, 7) is 0.943. The fourth-order valence-electron chi connectivity index (χ4n) is 2.32. The molecule has 2 aromatic rings. The third-order valence-electron chi connectivity index (χ3n) is 3.42. The molecule has 0 atom stereocenters. The number of anilines is 3. The van der Waals surface area contributed by atoms with Crippen LogP contribution >= 0.6 is 0 Å². The first-order chi connectivity index (χ1) is 9.93. The van der Waals surface area contributed by atoms with Crippen LogP contribution in [0, 0.1) is 0 Å². The first kappa shape index (κ1) is 13.7. The molecule has 7 heteroatoms. The summed E-state index contributed by atoms with van der Waals surface area (Å²) in [5.74, 6) is -0.0644. The lowest BCUT2D eigenvalue weighted by Crippen LogP contribution is -2.12. The molecule has 0 aliphatic carbocycles. The number of nitrogens with zero attached hydrogens (tertiary/aromatic N) is 3. The minimum absolute atomic E-state index is 0.0644. The van der Waals surface area contributed by atoms with E-state index in [1.54, 1.807) is 0 Å². The van der Waals surface area contributed by atoms with Crippen LogP contribution in [0.2, 0.25) is 0 Å². The summed E-state index contributed by atoms with van der Waals surface area (Å²) >= 11 is 0. The van der Waals surface area contributed by atoms with Crippen LogP contribution in [-0.4, -0.2) is 23.6 Å². The predicted molar refractivity (Wildman–Crippen MR) is 73.7 cm³/mol. The van der Waals surface area contributed by atoms with Crippen LogP contribution in [0.1, 0.15) is 11.3 Å². The third kappa shape index (κ3) is 2.76. The molecule has 0 spiro atoms. The van der Waals surface area contributed by atoms with E-state index in [-0.39, 0.29) is 5.95 Å². The lowest BCUT2D eigenvalue weighted by atomic mass is 10.1. The van der Waals surface area contributed by atoms with Crippen molar-refractivity contribution in [2.45, 2.75) is 12.6 Å². The Labute approximate surface area is 119 Å². The van der Waals surface area contributed by atoms with Crippen LogP contribution in [0.4, 0.5) is 30.5 Å². The van der Waals surface area contributed by atoms with Crippen LogP contribution in [0.25, 0.3) is 0 Å². The highest BCUT2D eigenvalue weighted by atomic mass is 19.4. The van der Waals surface area contributed by atoms with Gasteiger partial charge in [0.05, 0.1) is 0 Å². The third-order valence-corrected chi connectivity index (χ3v) is 3.42. The van der Waals surface area contributed by atoms with E-state index in [1.807, 2.05) is 25.2 Å². The fraction of sp³-hybridized carbons (Fsp3) is 0.286. The zero-order valence-electron chi connectivity index (χ0n) is 11.3. The van der Waals surface area contributed by atoms with Crippen LogP contribution in [-0.2, 0) is 12.6 Å². The van der Waals surface area contributed by atoms with E-state index in [4.69, 9.17) is 0 Å². The average Bonchev–Trinajstić information content (AvgIpc) is 2.80. The second-order valence-corrected chi connectivity index (χ2v) is 4.90. The molecule has 3 rings (SSSR count). The molecule has 0 radical (unpaired) electrons. The molecule has 1 aliphatic rings. The minimum atomic E-state index is -4.47. The highest BCUT2D eigenvalue weighted by Gasteiger charge is 2.32. The molecule has 0 bridgehead atoms. The molecule has 0 saturated heterocycles. The maximum Gasteiger partial charge on any atom is 0.433 e. The first-order valence-corrected chi connectivity index (χ1v) is 6.45. The highest BCUT2D eigenvalue weighted by molar-refractivity contribution is 5.67. The maximum atomic E-state index is 12.6. The van der Waals surface area contributed by atoms with E-state index in [9.17, 15) is 13.2 Å². The SMILES string of the molecule is CN1CCc2ccc(Nc3nccc(C(F)(F)F)n3)cc21. The molecular weight excluding hydrogens is 281 g/mol. The fourth-order valence-corrected chi connectivity index (χ4v) is 2.32. The van der Waals surface area contributed by atoms with Crippen molar-refractivity contribution >= 4 is 17.3 Å². The predicted octanol–water partition coefficient (Wildman–Crippen LogP) is 3.23. The Balaban J connectivity index is 1.86. The molecule has 0 fully saturated rings. The Bertz CT molecular complexity index is 670.